The third-order valence-electron chi connectivity index (χ3n) is 2.24. The Kier molecular flexibility index (Phi) is 2.40. The zero-order chi connectivity index (χ0) is 11.9. The molecule has 0 saturated carbocycles. The van der Waals surface area contributed by atoms with Gasteiger partial charge in [0.2, 0.25) is 5.91 Å². The molecule has 1 heterocycles. The number of carboxylic acid groups (broad SMARTS) is 1. The fourth-order valence-corrected chi connectivity index (χ4v) is 1.84. The van der Waals surface area contributed by atoms with Crippen LogP contribution >= 0.6 is 11.6 Å². The fourth-order valence-electron chi connectivity index (χ4n) is 1.55. The standard InChI is InChI=1S/C10H6ClNO4/c11-6-2-5(9(14)10(15)16)1-4-3-7(13)12-8(4)6/h1-2H,3H2,(H,12,13)(H,15,16). The average molecular weight is 240 g/mol. The second kappa shape index (κ2) is 3.61. The van der Waals surface area contributed by atoms with Crippen molar-refractivity contribution in [3.63, 3.8) is 0 Å². The first-order valence-electron chi connectivity index (χ1n) is 4.39. The van der Waals surface area contributed by atoms with Gasteiger partial charge in [0.1, 0.15) is 0 Å². The lowest BCUT2D eigenvalue weighted by molar-refractivity contribution is -0.131. The maximum atomic E-state index is 11.2. The van der Waals surface area contributed by atoms with Gasteiger partial charge >= 0.3 is 5.97 Å². The quantitative estimate of drug-likeness (QED) is 0.598. The smallest absolute Gasteiger partial charge is 0.377 e. The molecule has 0 saturated heterocycles. The minimum absolute atomic E-state index is 0.0206. The molecule has 1 aliphatic heterocycles. The predicted molar refractivity (Wildman–Crippen MR) is 55.8 cm³/mol. The SMILES string of the molecule is O=C1Cc2cc(C(=O)C(=O)O)cc(Cl)c2N1. The average Bonchev–Trinajstić information content (AvgIpc) is 2.57. The summed E-state index contributed by atoms with van der Waals surface area (Å²) in [7, 11) is 0. The van der Waals surface area contributed by atoms with Gasteiger partial charge in [-0.3, -0.25) is 9.59 Å². The number of anilines is 1. The lowest BCUT2D eigenvalue weighted by Gasteiger charge is -2.03. The number of rotatable bonds is 2. The molecule has 2 rings (SSSR count). The molecule has 2 N–H and O–H groups in total. The van der Waals surface area contributed by atoms with Gasteiger partial charge in [0.15, 0.2) is 0 Å². The third-order valence-corrected chi connectivity index (χ3v) is 2.54. The number of carbonyl (C=O) groups is 3. The molecule has 1 aliphatic rings. The van der Waals surface area contributed by atoms with E-state index in [0.29, 0.717) is 11.3 Å². The van der Waals surface area contributed by atoms with E-state index in [4.69, 9.17) is 16.7 Å². The summed E-state index contributed by atoms with van der Waals surface area (Å²) >= 11 is 5.83. The van der Waals surface area contributed by atoms with Crippen LogP contribution in [0.2, 0.25) is 5.02 Å². The zero-order valence-corrected chi connectivity index (χ0v) is 8.67. The van der Waals surface area contributed by atoms with Crippen LogP contribution in [0.4, 0.5) is 5.69 Å². The number of hydrogen-bond acceptors (Lipinski definition) is 3. The first-order chi connectivity index (χ1) is 7.49. The van der Waals surface area contributed by atoms with E-state index < -0.39 is 11.8 Å². The van der Waals surface area contributed by atoms with Crippen LogP contribution in [0.15, 0.2) is 12.1 Å². The molecule has 1 aromatic carbocycles. The fraction of sp³-hybridized carbons (Fsp3) is 0.100. The Bertz CT molecular complexity index is 524. The van der Waals surface area contributed by atoms with Crippen LogP contribution in [-0.2, 0) is 16.0 Å². The number of benzene rings is 1. The van der Waals surface area contributed by atoms with Crippen molar-refractivity contribution in [2.24, 2.45) is 0 Å². The number of ketones is 1. The highest BCUT2D eigenvalue weighted by atomic mass is 35.5. The van der Waals surface area contributed by atoms with E-state index >= 15 is 0 Å². The van der Waals surface area contributed by atoms with Gasteiger partial charge in [-0.25, -0.2) is 4.79 Å². The van der Waals surface area contributed by atoms with Crippen LogP contribution in [0.3, 0.4) is 0 Å². The number of aliphatic carboxylic acids is 1. The minimum atomic E-state index is -1.55. The van der Waals surface area contributed by atoms with E-state index in [-0.39, 0.29) is 22.9 Å². The van der Waals surface area contributed by atoms with E-state index in [0.717, 1.165) is 0 Å². The van der Waals surface area contributed by atoms with E-state index in [1.165, 1.54) is 12.1 Å². The van der Waals surface area contributed by atoms with Crippen molar-refractivity contribution in [3.8, 4) is 0 Å². The summed E-state index contributed by atoms with van der Waals surface area (Å²) in [6.07, 6.45) is 0.107. The Hall–Kier alpha value is -1.88. The number of hydrogen-bond donors (Lipinski definition) is 2. The molecule has 0 aliphatic carbocycles. The zero-order valence-electron chi connectivity index (χ0n) is 7.91. The lowest BCUT2D eigenvalue weighted by atomic mass is 10.1. The van der Waals surface area contributed by atoms with Crippen molar-refractivity contribution in [1.82, 2.24) is 0 Å². The first-order valence-corrected chi connectivity index (χ1v) is 4.76. The highest BCUT2D eigenvalue weighted by molar-refractivity contribution is 6.41. The largest absolute Gasteiger partial charge is 0.475 e. The van der Waals surface area contributed by atoms with Gasteiger partial charge in [-0.15, -0.1) is 0 Å². The summed E-state index contributed by atoms with van der Waals surface area (Å²) in [5, 5.41) is 11.3. The van der Waals surface area contributed by atoms with Crippen LogP contribution in [-0.4, -0.2) is 22.8 Å². The van der Waals surface area contributed by atoms with Gasteiger partial charge in [0, 0.05) is 5.56 Å². The van der Waals surface area contributed by atoms with Crippen molar-refractivity contribution < 1.29 is 19.5 Å². The van der Waals surface area contributed by atoms with E-state index in [9.17, 15) is 14.4 Å². The second-order valence-electron chi connectivity index (χ2n) is 3.35. The maximum absolute atomic E-state index is 11.2. The summed E-state index contributed by atoms with van der Waals surface area (Å²) in [5.74, 6) is -2.81. The van der Waals surface area contributed by atoms with Crippen molar-refractivity contribution in [3.05, 3.63) is 28.3 Å². The first kappa shape index (κ1) is 10.6. The van der Waals surface area contributed by atoms with Gasteiger partial charge < -0.3 is 10.4 Å². The van der Waals surface area contributed by atoms with Gasteiger partial charge in [0.25, 0.3) is 5.78 Å². The molecule has 16 heavy (non-hydrogen) atoms. The number of halogens is 1. The van der Waals surface area contributed by atoms with Gasteiger partial charge in [-0.1, -0.05) is 11.6 Å². The number of fused-ring (bicyclic) bond motifs is 1. The van der Waals surface area contributed by atoms with E-state index in [1.807, 2.05) is 0 Å². The Morgan fingerprint density at radius 2 is 2.06 bits per heavy atom. The number of carboxylic acids is 1. The highest BCUT2D eigenvalue weighted by Crippen LogP contribution is 2.32. The lowest BCUT2D eigenvalue weighted by Crippen LogP contribution is -2.12. The van der Waals surface area contributed by atoms with Crippen molar-refractivity contribution in [2.75, 3.05) is 5.32 Å². The number of Topliss-reactive ketones (excluding diaryl/α,β-unsaturated/α-hetero) is 1. The molecule has 0 spiro atoms. The monoisotopic (exact) mass is 239 g/mol. The predicted octanol–water partition coefficient (Wildman–Crippen LogP) is 1.10. The molecular formula is C10H6ClNO4. The Morgan fingerprint density at radius 3 is 2.69 bits per heavy atom. The summed E-state index contributed by atoms with van der Waals surface area (Å²) in [6, 6.07) is 2.61. The summed E-state index contributed by atoms with van der Waals surface area (Å²) in [6.45, 7) is 0. The molecule has 0 radical (unpaired) electrons. The number of nitrogens with one attached hydrogen (secondary N) is 1. The summed E-state index contributed by atoms with van der Waals surface area (Å²) < 4.78 is 0. The van der Waals surface area contributed by atoms with Crippen molar-refractivity contribution >= 4 is 34.9 Å². The molecule has 0 unspecified atom stereocenters. The van der Waals surface area contributed by atoms with Gasteiger partial charge in [0.05, 0.1) is 17.1 Å². The molecular weight excluding hydrogens is 234 g/mol. The second-order valence-corrected chi connectivity index (χ2v) is 3.76. The van der Waals surface area contributed by atoms with Crippen LogP contribution in [0.25, 0.3) is 0 Å². The summed E-state index contributed by atoms with van der Waals surface area (Å²) in [5.41, 5.74) is 0.975. The van der Waals surface area contributed by atoms with Crippen LogP contribution < -0.4 is 5.32 Å². The molecule has 0 bridgehead atoms. The van der Waals surface area contributed by atoms with E-state index in [2.05, 4.69) is 5.32 Å². The summed E-state index contributed by atoms with van der Waals surface area (Å²) in [4.78, 5) is 32.8. The topological polar surface area (TPSA) is 83.5 Å². The molecule has 6 heteroatoms. The molecule has 0 atom stereocenters. The van der Waals surface area contributed by atoms with Crippen molar-refractivity contribution in [1.29, 1.82) is 0 Å². The molecule has 1 amide bonds. The number of carbonyl (C=O) groups excluding carboxylic acids is 2. The van der Waals surface area contributed by atoms with Crippen LogP contribution in [0.1, 0.15) is 15.9 Å². The molecule has 5 nitrogen and oxygen atoms in total. The van der Waals surface area contributed by atoms with Crippen LogP contribution in [0, 0.1) is 0 Å². The highest BCUT2D eigenvalue weighted by Gasteiger charge is 2.24. The maximum Gasteiger partial charge on any atom is 0.377 e. The normalized spacial score (nSPS) is 13.2. The minimum Gasteiger partial charge on any atom is -0.475 e. The Morgan fingerprint density at radius 1 is 1.38 bits per heavy atom. The third kappa shape index (κ3) is 1.65. The Labute approximate surface area is 95.0 Å². The number of amides is 1. The Balaban J connectivity index is 2.50. The molecule has 0 aromatic heterocycles. The molecule has 0 fully saturated rings. The van der Waals surface area contributed by atoms with Crippen LogP contribution in [0.5, 0.6) is 0 Å². The van der Waals surface area contributed by atoms with Crippen molar-refractivity contribution in [2.45, 2.75) is 6.42 Å². The molecule has 1 aromatic rings. The van der Waals surface area contributed by atoms with E-state index in [1.54, 1.807) is 0 Å². The molecule has 82 valence electrons. The van der Waals surface area contributed by atoms with Gasteiger partial charge in [-0.2, -0.15) is 0 Å². The van der Waals surface area contributed by atoms with Gasteiger partial charge in [-0.05, 0) is 17.7 Å².